The first-order valence-electron chi connectivity index (χ1n) is 6.33. The minimum absolute atomic E-state index is 0.00824. The summed E-state index contributed by atoms with van der Waals surface area (Å²) in [6.07, 6.45) is 1.57. The molecule has 0 aliphatic carbocycles. The second-order valence-corrected chi connectivity index (χ2v) is 6.66. The van der Waals surface area contributed by atoms with Crippen LogP contribution in [0.2, 0.25) is 0 Å². The number of nitrogens with zero attached hydrogens (tertiary/aromatic N) is 1. The molecule has 2 unspecified atom stereocenters. The lowest BCUT2D eigenvalue weighted by Crippen LogP contribution is -2.53. The van der Waals surface area contributed by atoms with E-state index in [0.717, 1.165) is 25.9 Å². The van der Waals surface area contributed by atoms with Gasteiger partial charge in [-0.15, -0.1) is 11.8 Å². The standard InChI is InChI=1S/C12H20N2O3S/c1-8-14(9(7-18-8)10(15)16)11(17)12(2)3-5-13-6-4-12/h8-9,13H,3-7H2,1-2H3,(H,15,16). The Balaban J connectivity index is 2.17. The van der Waals surface area contributed by atoms with E-state index in [9.17, 15) is 14.7 Å². The Morgan fingerprint density at radius 3 is 2.56 bits per heavy atom. The van der Waals surface area contributed by atoms with E-state index in [0.29, 0.717) is 5.75 Å². The van der Waals surface area contributed by atoms with Gasteiger partial charge >= 0.3 is 5.97 Å². The summed E-state index contributed by atoms with van der Waals surface area (Å²) in [6, 6.07) is -0.663. The van der Waals surface area contributed by atoms with Crippen LogP contribution < -0.4 is 5.32 Å². The molecule has 2 heterocycles. The van der Waals surface area contributed by atoms with E-state index in [2.05, 4.69) is 5.32 Å². The number of carbonyl (C=O) groups excluding carboxylic acids is 1. The van der Waals surface area contributed by atoms with Crippen molar-refractivity contribution in [3.05, 3.63) is 0 Å². The van der Waals surface area contributed by atoms with Gasteiger partial charge in [-0.25, -0.2) is 4.79 Å². The summed E-state index contributed by atoms with van der Waals surface area (Å²) in [6.45, 7) is 5.53. The van der Waals surface area contributed by atoms with Gasteiger partial charge in [-0.2, -0.15) is 0 Å². The number of thioether (sulfide) groups is 1. The second-order valence-electron chi connectivity index (χ2n) is 5.31. The van der Waals surface area contributed by atoms with E-state index in [4.69, 9.17) is 0 Å². The largest absolute Gasteiger partial charge is 0.480 e. The van der Waals surface area contributed by atoms with Crippen LogP contribution in [0.15, 0.2) is 0 Å². The van der Waals surface area contributed by atoms with E-state index in [1.807, 2.05) is 13.8 Å². The van der Waals surface area contributed by atoms with Gasteiger partial charge in [0.1, 0.15) is 6.04 Å². The first kappa shape index (κ1) is 13.7. The lowest BCUT2D eigenvalue weighted by atomic mass is 9.79. The molecule has 0 bridgehead atoms. The number of piperidine rings is 1. The quantitative estimate of drug-likeness (QED) is 0.776. The van der Waals surface area contributed by atoms with Crippen molar-refractivity contribution in [1.82, 2.24) is 10.2 Å². The van der Waals surface area contributed by atoms with Crippen molar-refractivity contribution >= 4 is 23.6 Å². The minimum Gasteiger partial charge on any atom is -0.480 e. The van der Waals surface area contributed by atoms with Gasteiger partial charge in [-0.3, -0.25) is 4.79 Å². The van der Waals surface area contributed by atoms with Crippen molar-refractivity contribution in [2.24, 2.45) is 5.41 Å². The van der Waals surface area contributed by atoms with Gasteiger partial charge in [-0.05, 0) is 32.9 Å². The summed E-state index contributed by atoms with van der Waals surface area (Å²) in [5, 5.41) is 12.4. The van der Waals surface area contributed by atoms with Crippen molar-refractivity contribution < 1.29 is 14.7 Å². The fourth-order valence-corrected chi connectivity index (χ4v) is 3.81. The summed E-state index contributed by atoms with van der Waals surface area (Å²) in [5.74, 6) is -0.386. The highest BCUT2D eigenvalue weighted by Gasteiger charge is 2.46. The average Bonchev–Trinajstić information content (AvgIpc) is 2.71. The molecule has 6 heteroatoms. The average molecular weight is 272 g/mol. The summed E-state index contributed by atoms with van der Waals surface area (Å²) in [7, 11) is 0. The van der Waals surface area contributed by atoms with Crippen LogP contribution >= 0.6 is 11.8 Å². The highest BCUT2D eigenvalue weighted by Crippen LogP contribution is 2.37. The van der Waals surface area contributed by atoms with Crippen LogP contribution in [0.5, 0.6) is 0 Å². The van der Waals surface area contributed by atoms with Crippen molar-refractivity contribution in [3.8, 4) is 0 Å². The van der Waals surface area contributed by atoms with E-state index >= 15 is 0 Å². The number of hydrogen-bond donors (Lipinski definition) is 2. The Hall–Kier alpha value is -0.750. The van der Waals surface area contributed by atoms with Gasteiger partial charge in [0.15, 0.2) is 0 Å². The third-order valence-electron chi connectivity index (χ3n) is 3.97. The molecule has 0 radical (unpaired) electrons. The summed E-state index contributed by atoms with van der Waals surface area (Å²) < 4.78 is 0. The molecule has 102 valence electrons. The molecule has 0 spiro atoms. The maximum absolute atomic E-state index is 12.7. The number of aliphatic carboxylic acids is 1. The van der Waals surface area contributed by atoms with Gasteiger partial charge in [0.05, 0.1) is 5.37 Å². The fourth-order valence-electron chi connectivity index (χ4n) is 2.65. The van der Waals surface area contributed by atoms with Gasteiger partial charge in [0.2, 0.25) is 5.91 Å². The fraction of sp³-hybridized carbons (Fsp3) is 0.833. The Kier molecular flexibility index (Phi) is 3.87. The molecular formula is C12H20N2O3S. The maximum atomic E-state index is 12.7. The van der Waals surface area contributed by atoms with E-state index < -0.39 is 17.4 Å². The van der Waals surface area contributed by atoms with Crippen LogP contribution in [0.25, 0.3) is 0 Å². The van der Waals surface area contributed by atoms with Crippen molar-refractivity contribution in [2.75, 3.05) is 18.8 Å². The van der Waals surface area contributed by atoms with Crippen LogP contribution in [-0.4, -0.2) is 52.1 Å². The number of carboxylic acid groups (broad SMARTS) is 1. The molecule has 2 saturated heterocycles. The van der Waals surface area contributed by atoms with Crippen molar-refractivity contribution in [2.45, 2.75) is 38.1 Å². The van der Waals surface area contributed by atoms with E-state index in [-0.39, 0.29) is 11.3 Å². The van der Waals surface area contributed by atoms with Gasteiger partial charge in [-0.1, -0.05) is 6.92 Å². The van der Waals surface area contributed by atoms with Gasteiger partial charge in [0, 0.05) is 11.2 Å². The molecule has 0 aromatic heterocycles. The van der Waals surface area contributed by atoms with Crippen LogP contribution in [0.1, 0.15) is 26.7 Å². The number of nitrogens with one attached hydrogen (secondary N) is 1. The van der Waals surface area contributed by atoms with Gasteiger partial charge < -0.3 is 15.3 Å². The molecule has 1 amide bonds. The predicted molar refractivity (Wildman–Crippen MR) is 70.4 cm³/mol. The third-order valence-corrected chi connectivity index (χ3v) is 5.18. The molecule has 0 aromatic carbocycles. The first-order chi connectivity index (χ1) is 8.46. The summed E-state index contributed by atoms with van der Waals surface area (Å²) in [5.41, 5.74) is -0.405. The minimum atomic E-state index is -0.891. The molecule has 2 fully saturated rings. The molecule has 2 N–H and O–H groups in total. The Morgan fingerprint density at radius 2 is 2.00 bits per heavy atom. The maximum Gasteiger partial charge on any atom is 0.327 e. The number of hydrogen-bond acceptors (Lipinski definition) is 4. The molecule has 5 nitrogen and oxygen atoms in total. The molecular weight excluding hydrogens is 252 g/mol. The van der Waals surface area contributed by atoms with Crippen molar-refractivity contribution in [3.63, 3.8) is 0 Å². The topological polar surface area (TPSA) is 69.6 Å². The van der Waals surface area contributed by atoms with E-state index in [1.54, 1.807) is 16.7 Å². The predicted octanol–water partition coefficient (Wildman–Crippen LogP) is 0.751. The third kappa shape index (κ3) is 2.36. The molecule has 2 aliphatic rings. The zero-order valence-electron chi connectivity index (χ0n) is 10.8. The molecule has 2 aliphatic heterocycles. The highest BCUT2D eigenvalue weighted by molar-refractivity contribution is 8.00. The number of carboxylic acids is 1. The van der Waals surface area contributed by atoms with Crippen LogP contribution in [0.4, 0.5) is 0 Å². The molecule has 2 rings (SSSR count). The summed E-state index contributed by atoms with van der Waals surface area (Å²) >= 11 is 1.54. The van der Waals surface area contributed by atoms with Crippen LogP contribution in [0, 0.1) is 5.41 Å². The van der Waals surface area contributed by atoms with Crippen LogP contribution in [0.3, 0.4) is 0 Å². The van der Waals surface area contributed by atoms with Gasteiger partial charge in [0.25, 0.3) is 0 Å². The Bertz CT molecular complexity index is 355. The monoisotopic (exact) mass is 272 g/mol. The van der Waals surface area contributed by atoms with Crippen LogP contribution in [-0.2, 0) is 9.59 Å². The highest BCUT2D eigenvalue weighted by atomic mass is 32.2. The van der Waals surface area contributed by atoms with E-state index in [1.165, 1.54) is 0 Å². The summed E-state index contributed by atoms with van der Waals surface area (Å²) in [4.78, 5) is 25.5. The zero-order valence-corrected chi connectivity index (χ0v) is 11.6. The van der Waals surface area contributed by atoms with Crippen molar-refractivity contribution in [1.29, 1.82) is 0 Å². The lowest BCUT2D eigenvalue weighted by molar-refractivity contribution is -0.154. The smallest absolute Gasteiger partial charge is 0.327 e. The molecule has 18 heavy (non-hydrogen) atoms. The Labute approximate surface area is 111 Å². The second kappa shape index (κ2) is 5.09. The number of rotatable bonds is 2. The SMILES string of the molecule is CC1SCC(C(=O)O)N1C(=O)C1(C)CCNCC1. The molecule has 2 atom stereocenters. The normalized spacial score (nSPS) is 31.3. The Morgan fingerprint density at radius 1 is 1.39 bits per heavy atom. The molecule has 0 saturated carbocycles. The molecule has 0 aromatic rings. The zero-order chi connectivity index (χ0) is 13.3. The number of carbonyl (C=O) groups is 2. The first-order valence-corrected chi connectivity index (χ1v) is 7.38. The lowest BCUT2D eigenvalue weighted by Gasteiger charge is -2.38. The number of amides is 1.